The summed E-state index contributed by atoms with van der Waals surface area (Å²) in [5.41, 5.74) is 1.94. The molecule has 0 radical (unpaired) electrons. The van der Waals surface area contributed by atoms with Crippen LogP contribution in [0, 0.1) is 0 Å². The number of nitrogens with zero attached hydrogens (tertiary/aromatic N) is 3. The van der Waals surface area contributed by atoms with Crippen LogP contribution in [-0.2, 0) is 6.61 Å². The maximum atomic E-state index is 13.4. The maximum absolute atomic E-state index is 13.4. The Kier molecular flexibility index (Phi) is 9.11. The zero-order valence-electron chi connectivity index (χ0n) is 20.3. The van der Waals surface area contributed by atoms with E-state index in [1.54, 1.807) is 25.5 Å². The Balaban J connectivity index is 1.76. The van der Waals surface area contributed by atoms with Gasteiger partial charge in [0, 0.05) is 31.0 Å². The van der Waals surface area contributed by atoms with Crippen molar-refractivity contribution in [2.24, 2.45) is 5.10 Å². The van der Waals surface area contributed by atoms with Crippen LogP contribution in [-0.4, -0.2) is 23.0 Å². The number of fused-ring (bicyclic) bond motifs is 1. The zero-order valence-corrected chi connectivity index (χ0v) is 25.8. The summed E-state index contributed by atoms with van der Waals surface area (Å²) >= 11 is 17.0. The Morgan fingerprint density at radius 1 is 1.14 bits per heavy atom. The molecule has 0 aliphatic carbocycles. The van der Waals surface area contributed by atoms with Crippen LogP contribution < -0.4 is 15.0 Å². The van der Waals surface area contributed by atoms with Crippen molar-refractivity contribution in [1.29, 1.82) is 0 Å². The molecule has 3 aromatic carbocycles. The Bertz CT molecular complexity index is 1560. The number of hydrogen-bond acceptors (Lipinski definition) is 5. The number of ether oxygens (including phenoxy) is 2. The van der Waals surface area contributed by atoms with E-state index in [1.807, 2.05) is 43.3 Å². The van der Waals surface area contributed by atoms with Gasteiger partial charge in [0.2, 0.25) is 0 Å². The lowest BCUT2D eigenvalue weighted by Crippen LogP contribution is -2.23. The van der Waals surface area contributed by atoms with Gasteiger partial charge in [-0.3, -0.25) is 4.79 Å². The molecule has 4 aromatic rings. The number of methoxy groups -OCH3 is 1. The quantitative estimate of drug-likeness (QED) is 0.173. The van der Waals surface area contributed by atoms with E-state index in [9.17, 15) is 4.79 Å². The molecular formula is C27H23Br3ClN3O3. The fourth-order valence-corrected chi connectivity index (χ4v) is 5.14. The summed E-state index contributed by atoms with van der Waals surface area (Å²) in [5.74, 6) is 1.64. The Morgan fingerprint density at radius 3 is 2.59 bits per heavy atom. The minimum atomic E-state index is -0.236. The van der Waals surface area contributed by atoms with Crippen molar-refractivity contribution in [3.05, 3.63) is 94.3 Å². The summed E-state index contributed by atoms with van der Waals surface area (Å²) in [7, 11) is 1.57. The van der Waals surface area contributed by atoms with Crippen molar-refractivity contribution in [3.63, 3.8) is 0 Å². The highest BCUT2D eigenvalue weighted by Gasteiger charge is 2.19. The summed E-state index contributed by atoms with van der Waals surface area (Å²) in [6.07, 6.45) is 2.42. The molecule has 4 rings (SSSR count). The third-order valence-electron chi connectivity index (χ3n) is 5.90. The standard InChI is InChI=1S/C27H23Br3ClN3O3/c1-4-15(2)26-33-21-10-9-18(28)12-19(21)27(35)34(26)32-13-17-11-22(36-3)25(24(30)23(17)29)37-14-16-7-5-6-8-20(16)31/h5-13,15H,4,14H2,1-3H3/t15-/m0/s1. The molecule has 0 unspecified atom stereocenters. The van der Waals surface area contributed by atoms with Gasteiger partial charge in [0.05, 0.1) is 28.7 Å². The molecule has 0 N–H and O–H groups in total. The highest BCUT2D eigenvalue weighted by atomic mass is 79.9. The largest absolute Gasteiger partial charge is 0.493 e. The van der Waals surface area contributed by atoms with Crippen LogP contribution >= 0.6 is 59.4 Å². The van der Waals surface area contributed by atoms with E-state index in [-0.39, 0.29) is 18.1 Å². The molecule has 0 fully saturated rings. The molecule has 1 atom stereocenters. The highest BCUT2D eigenvalue weighted by molar-refractivity contribution is 9.13. The molecule has 1 aromatic heterocycles. The van der Waals surface area contributed by atoms with Crippen LogP contribution in [0.1, 0.15) is 43.1 Å². The van der Waals surface area contributed by atoms with Crippen molar-refractivity contribution in [2.45, 2.75) is 32.8 Å². The van der Waals surface area contributed by atoms with Crippen molar-refractivity contribution < 1.29 is 9.47 Å². The highest BCUT2D eigenvalue weighted by Crippen LogP contribution is 2.43. The van der Waals surface area contributed by atoms with Crippen LogP contribution in [0.5, 0.6) is 11.5 Å². The Morgan fingerprint density at radius 2 is 1.89 bits per heavy atom. The molecule has 0 saturated carbocycles. The Hall–Kier alpha value is -2.20. The first-order valence-electron chi connectivity index (χ1n) is 11.4. The molecule has 0 bridgehead atoms. The van der Waals surface area contributed by atoms with Crippen LogP contribution in [0.25, 0.3) is 10.9 Å². The number of aromatic nitrogens is 2. The molecule has 1 heterocycles. The first-order chi connectivity index (χ1) is 17.7. The third-order valence-corrected chi connectivity index (χ3v) is 8.91. The number of benzene rings is 3. The smallest absolute Gasteiger partial charge is 0.282 e. The van der Waals surface area contributed by atoms with Crippen molar-refractivity contribution in [3.8, 4) is 11.5 Å². The van der Waals surface area contributed by atoms with E-state index in [0.717, 1.165) is 16.5 Å². The average molecular weight is 713 g/mol. The molecule has 10 heteroatoms. The lowest BCUT2D eigenvalue weighted by molar-refractivity contribution is 0.282. The second kappa shape index (κ2) is 12.1. The second-order valence-electron chi connectivity index (χ2n) is 8.31. The predicted octanol–water partition coefficient (Wildman–Crippen LogP) is 8.32. The zero-order chi connectivity index (χ0) is 26.7. The Labute approximate surface area is 245 Å². The number of rotatable bonds is 8. The van der Waals surface area contributed by atoms with E-state index in [1.165, 1.54) is 4.68 Å². The molecule has 0 aliphatic heterocycles. The van der Waals surface area contributed by atoms with Crippen molar-refractivity contribution in [2.75, 3.05) is 7.11 Å². The summed E-state index contributed by atoms with van der Waals surface area (Å²) < 4.78 is 15.2. The molecule has 0 amide bonds. The number of hydrogen-bond donors (Lipinski definition) is 0. The summed E-state index contributed by atoms with van der Waals surface area (Å²) in [6.45, 7) is 4.34. The van der Waals surface area contributed by atoms with E-state index in [0.29, 0.717) is 47.8 Å². The topological polar surface area (TPSA) is 65.7 Å². The van der Waals surface area contributed by atoms with Gasteiger partial charge in [-0.2, -0.15) is 9.78 Å². The van der Waals surface area contributed by atoms with Gasteiger partial charge in [-0.25, -0.2) is 4.98 Å². The number of halogens is 4. The summed E-state index contributed by atoms with van der Waals surface area (Å²) in [6, 6.07) is 14.8. The maximum Gasteiger partial charge on any atom is 0.282 e. The van der Waals surface area contributed by atoms with E-state index >= 15 is 0 Å². The van der Waals surface area contributed by atoms with Gasteiger partial charge in [-0.05, 0) is 68.6 Å². The van der Waals surface area contributed by atoms with Gasteiger partial charge in [0.25, 0.3) is 5.56 Å². The average Bonchev–Trinajstić information content (AvgIpc) is 2.90. The summed E-state index contributed by atoms with van der Waals surface area (Å²) in [5, 5.41) is 5.68. The van der Waals surface area contributed by atoms with E-state index in [4.69, 9.17) is 26.1 Å². The van der Waals surface area contributed by atoms with Crippen LogP contribution in [0.3, 0.4) is 0 Å². The fraction of sp³-hybridized carbons (Fsp3) is 0.222. The van der Waals surface area contributed by atoms with E-state index < -0.39 is 0 Å². The van der Waals surface area contributed by atoms with Crippen LogP contribution in [0.15, 0.2) is 71.8 Å². The van der Waals surface area contributed by atoms with Gasteiger partial charge < -0.3 is 9.47 Å². The lowest BCUT2D eigenvalue weighted by atomic mass is 10.1. The monoisotopic (exact) mass is 709 g/mol. The van der Waals surface area contributed by atoms with Gasteiger partial charge in [0.15, 0.2) is 11.5 Å². The first-order valence-corrected chi connectivity index (χ1v) is 14.2. The molecule has 0 aliphatic rings. The van der Waals surface area contributed by atoms with Crippen molar-refractivity contribution in [1.82, 2.24) is 9.66 Å². The van der Waals surface area contributed by atoms with Gasteiger partial charge in [0.1, 0.15) is 12.4 Å². The molecule has 6 nitrogen and oxygen atoms in total. The second-order valence-corrected chi connectivity index (χ2v) is 11.2. The summed E-state index contributed by atoms with van der Waals surface area (Å²) in [4.78, 5) is 18.2. The molecule has 37 heavy (non-hydrogen) atoms. The first kappa shape index (κ1) is 27.8. The minimum absolute atomic E-state index is 0.0307. The normalized spacial score (nSPS) is 12.3. The van der Waals surface area contributed by atoms with Gasteiger partial charge >= 0.3 is 0 Å². The van der Waals surface area contributed by atoms with Crippen molar-refractivity contribution >= 4 is 76.5 Å². The predicted molar refractivity (Wildman–Crippen MR) is 160 cm³/mol. The van der Waals surface area contributed by atoms with Gasteiger partial charge in [-0.1, -0.05) is 59.6 Å². The molecule has 0 spiro atoms. The molecule has 0 saturated heterocycles. The minimum Gasteiger partial charge on any atom is -0.493 e. The van der Waals surface area contributed by atoms with E-state index in [2.05, 4.69) is 59.8 Å². The third kappa shape index (κ3) is 5.95. The van der Waals surface area contributed by atoms with Crippen LogP contribution in [0.4, 0.5) is 0 Å². The molecule has 192 valence electrons. The molecular weight excluding hydrogens is 689 g/mol. The van der Waals surface area contributed by atoms with Crippen LogP contribution in [0.2, 0.25) is 5.02 Å². The van der Waals surface area contributed by atoms with Gasteiger partial charge in [-0.15, -0.1) is 0 Å². The lowest BCUT2D eigenvalue weighted by Gasteiger charge is -2.16. The fourth-order valence-electron chi connectivity index (χ4n) is 3.65. The SMILES string of the molecule is CC[C@H](C)c1nc2ccc(Br)cc2c(=O)n1N=Cc1cc(OC)c(OCc2ccccc2Cl)c(Br)c1Br.